The van der Waals surface area contributed by atoms with Crippen molar-refractivity contribution in [2.24, 2.45) is 0 Å². The second kappa shape index (κ2) is 9.75. The molecule has 3 heterocycles. The minimum absolute atomic E-state index is 0.0430. The van der Waals surface area contributed by atoms with Gasteiger partial charge in [-0.3, -0.25) is 0 Å². The van der Waals surface area contributed by atoms with Crippen LogP contribution in [0.25, 0.3) is 83.6 Å². The molecule has 0 saturated heterocycles. The molecule has 0 amide bonds. The van der Waals surface area contributed by atoms with Crippen LogP contribution in [0, 0.1) is 0 Å². The summed E-state index contributed by atoms with van der Waals surface area (Å²) in [5.41, 5.74) is 3.67. The number of hydrogen-bond donors (Lipinski definition) is 0. The smallest absolute Gasteiger partial charge is 0.164 e. The molecule has 0 N–H and O–H groups in total. The van der Waals surface area contributed by atoms with Crippen LogP contribution < -0.4 is 0 Å². The van der Waals surface area contributed by atoms with Gasteiger partial charge in [0.05, 0.1) is 30.4 Å². The van der Waals surface area contributed by atoms with Gasteiger partial charge in [-0.25, -0.2) is 15.0 Å². The topological polar surface area (TPSA) is 56.7 Å². The molecule has 44 heavy (non-hydrogen) atoms. The zero-order valence-electron chi connectivity index (χ0n) is 32.8. The summed E-state index contributed by atoms with van der Waals surface area (Å²) in [6.45, 7) is 0. The maximum absolute atomic E-state index is 8.60. The summed E-state index contributed by atoms with van der Waals surface area (Å²) in [6, 6.07) is 21.6. The van der Waals surface area contributed by atoms with Crippen molar-refractivity contribution in [3.63, 3.8) is 0 Å². The average molecular weight is 575 g/mol. The summed E-state index contributed by atoms with van der Waals surface area (Å²) in [5, 5.41) is 3.85. The van der Waals surface area contributed by atoms with Crippen LogP contribution in [0.5, 0.6) is 0 Å². The molecule has 9 rings (SSSR count). The first-order valence-corrected chi connectivity index (χ1v) is 13.8. The van der Waals surface area contributed by atoms with E-state index in [0.717, 1.165) is 38.3 Å². The second-order valence-electron chi connectivity index (χ2n) is 10.1. The molecule has 6 aromatic carbocycles. The Morgan fingerprint density at radius 2 is 1.05 bits per heavy atom. The molecule has 0 aliphatic rings. The second-order valence-corrected chi connectivity index (χ2v) is 10.1. The Morgan fingerprint density at radius 1 is 0.500 bits per heavy atom. The normalized spacial score (nSPS) is 14.8. The number of para-hydroxylation sites is 3. The van der Waals surface area contributed by atoms with Gasteiger partial charge in [0.15, 0.2) is 23.1 Å². The summed E-state index contributed by atoms with van der Waals surface area (Å²) in [4.78, 5) is 13.5. The predicted octanol–water partition coefficient (Wildman–Crippen LogP) is 9.87. The molecule has 9 aromatic rings. The molecule has 0 aliphatic carbocycles. The molecular formula is C39H24N4O. The van der Waals surface area contributed by atoms with Crippen LogP contribution >= 0.6 is 0 Å². The third-order valence-corrected chi connectivity index (χ3v) is 7.64. The van der Waals surface area contributed by atoms with Crippen LogP contribution in [-0.4, -0.2) is 19.5 Å². The van der Waals surface area contributed by atoms with Crippen molar-refractivity contribution in [1.29, 1.82) is 0 Å². The minimum Gasteiger partial charge on any atom is -0.454 e. The van der Waals surface area contributed by atoms with Gasteiger partial charge in [0.1, 0.15) is 5.58 Å². The van der Waals surface area contributed by atoms with E-state index in [2.05, 4.69) is 43.8 Å². The van der Waals surface area contributed by atoms with Crippen molar-refractivity contribution < 1.29 is 18.1 Å². The highest BCUT2D eigenvalue weighted by atomic mass is 16.3. The molecule has 3 aromatic heterocycles. The van der Waals surface area contributed by atoms with Crippen LogP contribution in [0.4, 0.5) is 0 Å². The van der Waals surface area contributed by atoms with Crippen LogP contribution in [0.1, 0.15) is 13.7 Å². The fraction of sp³-hybridized carbons (Fsp3) is 0. The van der Waals surface area contributed by atoms with Crippen LogP contribution in [0.15, 0.2) is 150 Å². The molecule has 0 bridgehead atoms. The van der Waals surface area contributed by atoms with Gasteiger partial charge in [0.25, 0.3) is 0 Å². The maximum atomic E-state index is 8.60. The summed E-state index contributed by atoms with van der Waals surface area (Å²) in [5.74, 6) is -0.715. The van der Waals surface area contributed by atoms with Crippen molar-refractivity contribution in [3.8, 4) is 39.9 Å². The van der Waals surface area contributed by atoms with Gasteiger partial charge in [-0.1, -0.05) is 115 Å². The zero-order valence-corrected chi connectivity index (χ0v) is 22.8. The van der Waals surface area contributed by atoms with Crippen molar-refractivity contribution in [2.45, 2.75) is 0 Å². The Kier molecular flexibility index (Phi) is 3.66. The Hall–Kier alpha value is -6.07. The molecule has 5 heteroatoms. The number of nitrogens with zero attached hydrogens (tertiary/aromatic N) is 4. The third-order valence-electron chi connectivity index (χ3n) is 7.64. The number of furan rings is 1. The summed E-state index contributed by atoms with van der Waals surface area (Å²) in [7, 11) is 0. The highest BCUT2D eigenvalue weighted by Gasteiger charge is 2.18. The molecule has 0 unspecified atom stereocenters. The molecule has 0 saturated carbocycles. The van der Waals surface area contributed by atoms with Gasteiger partial charge in [0, 0.05) is 38.2 Å². The Bertz CT molecular complexity index is 2880. The quantitative estimate of drug-likeness (QED) is 0.210. The Balaban J connectivity index is 1.29. The van der Waals surface area contributed by atoms with Crippen molar-refractivity contribution >= 4 is 43.7 Å². The van der Waals surface area contributed by atoms with Crippen molar-refractivity contribution in [2.75, 3.05) is 0 Å². The zero-order chi connectivity index (χ0) is 37.7. The predicted molar refractivity (Wildman–Crippen MR) is 178 cm³/mol. The van der Waals surface area contributed by atoms with E-state index in [1.165, 1.54) is 0 Å². The van der Waals surface area contributed by atoms with Crippen molar-refractivity contribution in [3.05, 3.63) is 145 Å². The lowest BCUT2D eigenvalue weighted by Gasteiger charge is -2.08. The average Bonchev–Trinajstić information content (AvgIpc) is 3.73. The standard InChI is InChI=1S/C39H24N4O/c1-3-12-25(13-4-1)37-40-38(26-14-5-2-6-15-26)42-39(41-37)27-22-23-30-31-18-11-21-34(36(31)44-35(30)24-27)43-32-19-9-7-16-28(32)29-17-8-10-20-33(29)43/h1-24H/i1D,2D,3D,4D,5D,6D,12D,13D,14D,15D. The lowest BCUT2D eigenvalue weighted by atomic mass is 10.1. The van der Waals surface area contributed by atoms with E-state index in [0.29, 0.717) is 16.7 Å². The number of fused-ring (bicyclic) bond motifs is 6. The van der Waals surface area contributed by atoms with E-state index >= 15 is 0 Å². The van der Waals surface area contributed by atoms with E-state index in [9.17, 15) is 0 Å². The monoisotopic (exact) mass is 574 g/mol. The highest BCUT2D eigenvalue weighted by Crippen LogP contribution is 2.39. The van der Waals surface area contributed by atoms with E-state index in [-0.39, 0.29) is 28.6 Å². The Labute approximate surface area is 266 Å². The van der Waals surface area contributed by atoms with Gasteiger partial charge < -0.3 is 8.98 Å². The van der Waals surface area contributed by atoms with Crippen molar-refractivity contribution in [1.82, 2.24) is 19.5 Å². The summed E-state index contributed by atoms with van der Waals surface area (Å²) >= 11 is 0. The molecule has 0 fully saturated rings. The molecule has 206 valence electrons. The van der Waals surface area contributed by atoms with Gasteiger partial charge in [0.2, 0.25) is 0 Å². The molecule has 5 nitrogen and oxygen atoms in total. The summed E-state index contributed by atoms with van der Waals surface area (Å²) in [6.07, 6.45) is 0. The van der Waals surface area contributed by atoms with Crippen LogP contribution in [0.2, 0.25) is 0 Å². The lowest BCUT2D eigenvalue weighted by Crippen LogP contribution is -2.00. The number of aromatic nitrogens is 4. The van der Waals surface area contributed by atoms with Crippen LogP contribution in [0.3, 0.4) is 0 Å². The third kappa shape index (κ3) is 3.83. The van der Waals surface area contributed by atoms with E-state index in [1.54, 1.807) is 12.1 Å². The van der Waals surface area contributed by atoms with Gasteiger partial charge in [-0.05, 0) is 30.3 Å². The fourth-order valence-electron chi connectivity index (χ4n) is 5.73. The minimum atomic E-state index is -0.611. The lowest BCUT2D eigenvalue weighted by molar-refractivity contribution is 0.666. The molecule has 0 aliphatic heterocycles. The highest BCUT2D eigenvalue weighted by molar-refractivity contribution is 6.12. The fourth-order valence-corrected chi connectivity index (χ4v) is 5.73. The number of benzene rings is 6. The number of hydrogen-bond acceptors (Lipinski definition) is 4. The van der Waals surface area contributed by atoms with E-state index in [1.807, 2.05) is 48.5 Å². The summed E-state index contributed by atoms with van der Waals surface area (Å²) < 4.78 is 92.3. The number of rotatable bonds is 4. The molecule has 0 spiro atoms. The van der Waals surface area contributed by atoms with E-state index in [4.69, 9.17) is 18.1 Å². The maximum Gasteiger partial charge on any atom is 0.164 e. The first kappa shape index (κ1) is 16.5. The van der Waals surface area contributed by atoms with E-state index < -0.39 is 60.4 Å². The van der Waals surface area contributed by atoms with Gasteiger partial charge >= 0.3 is 0 Å². The molecule has 0 radical (unpaired) electrons. The SMILES string of the molecule is [2H]c1c([2H])c([2H])c(-c2nc(-c3ccc4c(c3)oc3c(-n5c6ccccc6c6ccccc65)cccc34)nc(-c3c([2H])c([2H])c([2H])c([2H])c3[2H])n2)c([2H])c1[2H]. The van der Waals surface area contributed by atoms with Gasteiger partial charge in [-0.2, -0.15) is 0 Å². The largest absolute Gasteiger partial charge is 0.454 e. The first-order valence-electron chi connectivity index (χ1n) is 18.8. The molecular weight excluding hydrogens is 540 g/mol. The van der Waals surface area contributed by atoms with Crippen LogP contribution in [-0.2, 0) is 0 Å². The van der Waals surface area contributed by atoms with Gasteiger partial charge in [-0.15, -0.1) is 0 Å². The Morgan fingerprint density at radius 3 is 1.66 bits per heavy atom. The first-order chi connectivity index (χ1) is 26.0. The molecule has 0 atom stereocenters.